The summed E-state index contributed by atoms with van der Waals surface area (Å²) in [6.07, 6.45) is 9.46. The summed E-state index contributed by atoms with van der Waals surface area (Å²) < 4.78 is 0. The molecule has 128 valence electrons. The van der Waals surface area contributed by atoms with Gasteiger partial charge < -0.3 is 5.32 Å². The van der Waals surface area contributed by atoms with Crippen LogP contribution in [0.4, 0.5) is 5.69 Å². The normalized spacial score (nSPS) is 24.0. The Kier molecular flexibility index (Phi) is 3.51. The van der Waals surface area contributed by atoms with Gasteiger partial charge in [0.1, 0.15) is 0 Å². The van der Waals surface area contributed by atoms with E-state index >= 15 is 0 Å². The second kappa shape index (κ2) is 5.76. The van der Waals surface area contributed by atoms with Crippen LogP contribution in [0.2, 0.25) is 0 Å². The number of anilines is 1. The van der Waals surface area contributed by atoms with Crippen LogP contribution in [0.5, 0.6) is 0 Å². The van der Waals surface area contributed by atoms with Crippen LogP contribution in [0.3, 0.4) is 0 Å². The van der Waals surface area contributed by atoms with E-state index in [1.165, 1.54) is 66.6 Å². The van der Waals surface area contributed by atoms with Gasteiger partial charge in [-0.25, -0.2) is 0 Å². The van der Waals surface area contributed by atoms with Crippen LogP contribution in [0.15, 0.2) is 59.8 Å². The molecule has 2 aromatic rings. The fourth-order valence-corrected chi connectivity index (χ4v) is 5.51. The molecule has 5 rings (SSSR count). The molecule has 1 fully saturated rings. The largest absolute Gasteiger partial charge is 0.358 e. The van der Waals surface area contributed by atoms with Crippen LogP contribution in [0.25, 0.3) is 0 Å². The molecule has 0 radical (unpaired) electrons. The molecule has 1 nitrogen and oxygen atoms in total. The van der Waals surface area contributed by atoms with E-state index in [0.717, 1.165) is 6.42 Å². The molecule has 1 spiro atoms. The fraction of sp³-hybridized carbons (Fsp3) is 0.417. The number of rotatable bonds is 1. The molecule has 1 aliphatic heterocycles. The third-order valence-electron chi connectivity index (χ3n) is 6.85. The van der Waals surface area contributed by atoms with Crippen molar-refractivity contribution in [2.24, 2.45) is 5.41 Å². The highest BCUT2D eigenvalue weighted by atomic mass is 14.9. The molecule has 1 saturated carbocycles. The number of para-hydroxylation sites is 1. The summed E-state index contributed by atoms with van der Waals surface area (Å²) in [5.74, 6) is 0.544. The molecule has 1 atom stereocenters. The van der Waals surface area contributed by atoms with Gasteiger partial charge in [0.15, 0.2) is 0 Å². The smallest absolute Gasteiger partial charge is 0.0417 e. The zero-order valence-corrected chi connectivity index (χ0v) is 15.1. The average Bonchev–Trinajstić information content (AvgIpc) is 2.95. The zero-order chi connectivity index (χ0) is 16.9. The van der Waals surface area contributed by atoms with Crippen LogP contribution >= 0.6 is 0 Å². The maximum Gasteiger partial charge on any atom is 0.0417 e. The lowest BCUT2D eigenvalue weighted by Crippen LogP contribution is -2.26. The summed E-state index contributed by atoms with van der Waals surface area (Å²) in [6, 6.07) is 18.2. The van der Waals surface area contributed by atoms with Crippen molar-refractivity contribution < 1.29 is 0 Å². The second-order valence-electron chi connectivity index (χ2n) is 8.36. The predicted molar refractivity (Wildman–Crippen MR) is 105 cm³/mol. The maximum absolute atomic E-state index is 3.87. The molecule has 0 aromatic heterocycles. The van der Waals surface area contributed by atoms with Crippen molar-refractivity contribution in [3.8, 4) is 0 Å². The first-order valence-electron chi connectivity index (χ1n) is 9.90. The van der Waals surface area contributed by atoms with Crippen LogP contribution in [-0.4, -0.2) is 0 Å². The summed E-state index contributed by atoms with van der Waals surface area (Å²) >= 11 is 0. The molecule has 1 unspecified atom stereocenters. The Bertz CT molecular complexity index is 821. The van der Waals surface area contributed by atoms with Gasteiger partial charge in [-0.2, -0.15) is 0 Å². The molecule has 25 heavy (non-hydrogen) atoms. The maximum atomic E-state index is 3.87. The van der Waals surface area contributed by atoms with Crippen LogP contribution < -0.4 is 5.32 Å². The van der Waals surface area contributed by atoms with E-state index in [2.05, 4.69) is 60.8 Å². The summed E-state index contributed by atoms with van der Waals surface area (Å²) in [6.45, 7) is 2.18. The van der Waals surface area contributed by atoms with Crippen molar-refractivity contribution in [1.82, 2.24) is 0 Å². The first-order chi connectivity index (χ1) is 12.3. The van der Waals surface area contributed by atoms with Gasteiger partial charge in [0, 0.05) is 17.3 Å². The SMILES string of the molecule is Cc1ccc(C2CC3(CCCCC3)C3=C2Nc2ccccc2C3)cc1. The van der Waals surface area contributed by atoms with E-state index in [9.17, 15) is 0 Å². The van der Waals surface area contributed by atoms with Crippen molar-refractivity contribution in [2.75, 3.05) is 5.32 Å². The zero-order valence-electron chi connectivity index (χ0n) is 15.1. The molecule has 2 aromatic carbocycles. The van der Waals surface area contributed by atoms with Gasteiger partial charge in [0.05, 0.1) is 0 Å². The van der Waals surface area contributed by atoms with Gasteiger partial charge in [0.25, 0.3) is 0 Å². The lowest BCUT2D eigenvalue weighted by atomic mass is 9.67. The molecule has 1 heteroatoms. The molecular weight excluding hydrogens is 302 g/mol. The minimum Gasteiger partial charge on any atom is -0.358 e. The van der Waals surface area contributed by atoms with Crippen molar-refractivity contribution in [2.45, 2.75) is 57.8 Å². The molecular formula is C24H27N. The number of aryl methyl sites for hydroxylation is 1. The average molecular weight is 329 g/mol. The lowest BCUT2D eigenvalue weighted by Gasteiger charge is -2.38. The van der Waals surface area contributed by atoms with Gasteiger partial charge in [-0.1, -0.05) is 67.3 Å². The number of nitrogens with one attached hydrogen (secondary N) is 1. The number of allylic oxidation sites excluding steroid dienone is 2. The third-order valence-corrected chi connectivity index (χ3v) is 6.85. The highest BCUT2D eigenvalue weighted by Gasteiger charge is 2.47. The molecule has 1 heterocycles. The van der Waals surface area contributed by atoms with Crippen LogP contribution in [-0.2, 0) is 6.42 Å². The van der Waals surface area contributed by atoms with Crippen molar-refractivity contribution in [3.63, 3.8) is 0 Å². The summed E-state index contributed by atoms with van der Waals surface area (Å²) in [5, 5.41) is 3.87. The van der Waals surface area contributed by atoms with Crippen molar-refractivity contribution in [3.05, 3.63) is 76.5 Å². The topological polar surface area (TPSA) is 12.0 Å². The Morgan fingerprint density at radius 1 is 0.920 bits per heavy atom. The van der Waals surface area contributed by atoms with Gasteiger partial charge in [-0.05, 0) is 60.8 Å². The number of hydrogen-bond acceptors (Lipinski definition) is 1. The Morgan fingerprint density at radius 3 is 2.48 bits per heavy atom. The van der Waals surface area contributed by atoms with Gasteiger partial charge in [0.2, 0.25) is 0 Å². The molecule has 2 aliphatic carbocycles. The number of benzene rings is 2. The molecule has 0 saturated heterocycles. The predicted octanol–water partition coefficient (Wildman–Crippen LogP) is 6.36. The lowest BCUT2D eigenvalue weighted by molar-refractivity contribution is 0.228. The van der Waals surface area contributed by atoms with E-state index in [1.54, 1.807) is 5.57 Å². The highest BCUT2D eigenvalue weighted by molar-refractivity contribution is 5.64. The van der Waals surface area contributed by atoms with E-state index in [0.29, 0.717) is 11.3 Å². The minimum atomic E-state index is 0.448. The fourth-order valence-electron chi connectivity index (χ4n) is 5.51. The van der Waals surface area contributed by atoms with Crippen LogP contribution in [0.1, 0.15) is 61.1 Å². The minimum absolute atomic E-state index is 0.448. The third kappa shape index (κ3) is 2.44. The standard InChI is InChI=1S/C24H27N/c1-17-9-11-18(12-10-17)20-16-24(13-5-2-6-14-24)21-15-19-7-3-4-8-22(19)25-23(20)21/h3-4,7-12,20,25H,2,5-6,13-16H2,1H3. The quantitative estimate of drug-likeness (QED) is 0.642. The summed E-state index contributed by atoms with van der Waals surface area (Å²) in [4.78, 5) is 0. The first-order valence-corrected chi connectivity index (χ1v) is 9.90. The van der Waals surface area contributed by atoms with E-state index < -0.39 is 0 Å². The highest BCUT2D eigenvalue weighted by Crippen LogP contribution is 2.59. The van der Waals surface area contributed by atoms with Gasteiger partial charge >= 0.3 is 0 Å². The number of fused-ring (bicyclic) bond motifs is 2. The molecule has 3 aliphatic rings. The van der Waals surface area contributed by atoms with E-state index in [-0.39, 0.29) is 0 Å². The molecule has 0 bridgehead atoms. The molecule has 1 N–H and O–H groups in total. The summed E-state index contributed by atoms with van der Waals surface area (Å²) in [5.41, 5.74) is 9.37. The van der Waals surface area contributed by atoms with Crippen LogP contribution in [0, 0.1) is 12.3 Å². The van der Waals surface area contributed by atoms with E-state index in [4.69, 9.17) is 0 Å². The van der Waals surface area contributed by atoms with Gasteiger partial charge in [-0.15, -0.1) is 0 Å². The molecule has 0 amide bonds. The second-order valence-corrected chi connectivity index (χ2v) is 8.36. The monoisotopic (exact) mass is 329 g/mol. The Labute approximate surface area is 151 Å². The van der Waals surface area contributed by atoms with Crippen molar-refractivity contribution >= 4 is 5.69 Å². The Balaban J connectivity index is 1.60. The Morgan fingerprint density at radius 2 is 1.68 bits per heavy atom. The Hall–Kier alpha value is -2.02. The number of hydrogen-bond donors (Lipinski definition) is 1. The first kappa shape index (κ1) is 15.3. The van der Waals surface area contributed by atoms with Crippen molar-refractivity contribution in [1.29, 1.82) is 0 Å². The summed E-state index contributed by atoms with van der Waals surface area (Å²) in [7, 11) is 0. The van der Waals surface area contributed by atoms with Gasteiger partial charge in [-0.3, -0.25) is 0 Å². The van der Waals surface area contributed by atoms with E-state index in [1.807, 2.05) is 0 Å².